The molecule has 86 valence electrons. The van der Waals surface area contributed by atoms with E-state index in [4.69, 9.17) is 9.90 Å². The summed E-state index contributed by atoms with van der Waals surface area (Å²) in [4.78, 5) is 9.00. The van der Waals surface area contributed by atoms with Crippen molar-refractivity contribution >= 4 is 5.97 Å². The van der Waals surface area contributed by atoms with Gasteiger partial charge in [0.2, 0.25) is 0 Å². The second-order valence-electron chi connectivity index (χ2n) is 5.23. The summed E-state index contributed by atoms with van der Waals surface area (Å²) in [6.45, 7) is 1.08. The Labute approximate surface area is 90.5 Å². The monoisotopic (exact) mass is 212 g/mol. The van der Waals surface area contributed by atoms with Gasteiger partial charge in [-0.05, 0) is 55.8 Å². The molecule has 3 aliphatic rings. The van der Waals surface area contributed by atoms with Crippen molar-refractivity contribution in [2.24, 2.45) is 23.7 Å². The van der Waals surface area contributed by atoms with E-state index in [1.165, 1.54) is 25.7 Å². The molecule has 3 rings (SSSR count). The van der Waals surface area contributed by atoms with Gasteiger partial charge in [-0.25, -0.2) is 0 Å². The molecule has 3 fully saturated rings. The Morgan fingerprint density at radius 1 is 1.07 bits per heavy atom. The molecular formula is C12H20O3. The van der Waals surface area contributed by atoms with Gasteiger partial charge in [0.15, 0.2) is 0 Å². The quantitative estimate of drug-likeness (QED) is 0.644. The number of carbonyl (C=O) groups is 1. The average molecular weight is 212 g/mol. The molecule has 0 aromatic carbocycles. The lowest BCUT2D eigenvalue weighted by Gasteiger charge is -2.31. The fourth-order valence-electron chi connectivity index (χ4n) is 4.00. The number of hydrogen-bond donors (Lipinski definition) is 2. The van der Waals surface area contributed by atoms with Gasteiger partial charge >= 0.3 is 0 Å². The van der Waals surface area contributed by atoms with Crippen molar-refractivity contribution in [3.63, 3.8) is 0 Å². The van der Waals surface area contributed by atoms with Crippen molar-refractivity contribution in [3.8, 4) is 0 Å². The minimum absolute atomic E-state index is 0.0709. The SMILES string of the molecule is CC(=O)O.OC1CCC2C3CCC2C1C3. The lowest BCUT2D eigenvalue weighted by molar-refractivity contribution is -0.134. The second kappa shape index (κ2) is 4.12. The Balaban J connectivity index is 0.000000188. The van der Waals surface area contributed by atoms with Crippen LogP contribution in [0.1, 0.15) is 39.0 Å². The van der Waals surface area contributed by atoms with Crippen molar-refractivity contribution in [1.82, 2.24) is 0 Å². The first-order valence-electron chi connectivity index (χ1n) is 5.97. The molecule has 0 amide bonds. The third-order valence-electron chi connectivity index (χ3n) is 4.44. The molecule has 0 heterocycles. The van der Waals surface area contributed by atoms with Crippen LogP contribution < -0.4 is 0 Å². The number of carboxylic acids is 1. The molecule has 0 radical (unpaired) electrons. The Kier molecular flexibility index (Phi) is 3.01. The van der Waals surface area contributed by atoms with Gasteiger partial charge in [-0.2, -0.15) is 0 Å². The zero-order valence-corrected chi connectivity index (χ0v) is 9.22. The van der Waals surface area contributed by atoms with Crippen LogP contribution in [-0.2, 0) is 4.79 Å². The maximum atomic E-state index is 9.72. The number of rotatable bonds is 0. The lowest BCUT2D eigenvalue weighted by atomic mass is 9.77. The van der Waals surface area contributed by atoms with Crippen LogP contribution in [-0.4, -0.2) is 22.3 Å². The van der Waals surface area contributed by atoms with Crippen LogP contribution in [0.25, 0.3) is 0 Å². The summed E-state index contributed by atoms with van der Waals surface area (Å²) in [5.41, 5.74) is 0. The standard InChI is InChI=1S/C10H16O.C2H4O2/c11-10-4-3-7-6-1-2-8(7)9(10)5-6;1-2(3)4/h6-11H,1-5H2;1H3,(H,3,4). The minimum atomic E-state index is -0.833. The highest BCUT2D eigenvalue weighted by Gasteiger charge is 2.52. The Hall–Kier alpha value is -0.570. The lowest BCUT2D eigenvalue weighted by Crippen LogP contribution is -2.30. The average Bonchev–Trinajstić information content (AvgIpc) is 2.66. The molecule has 3 heteroatoms. The molecule has 0 aromatic rings. The third-order valence-corrected chi connectivity index (χ3v) is 4.44. The van der Waals surface area contributed by atoms with Gasteiger partial charge in [0, 0.05) is 6.92 Å². The van der Waals surface area contributed by atoms with E-state index in [0.29, 0.717) is 5.92 Å². The molecule has 3 saturated carbocycles. The summed E-state index contributed by atoms with van der Waals surface area (Å²) in [5, 5.41) is 17.1. The summed E-state index contributed by atoms with van der Waals surface area (Å²) in [5.74, 6) is 2.86. The van der Waals surface area contributed by atoms with Crippen molar-refractivity contribution in [2.45, 2.75) is 45.1 Å². The van der Waals surface area contributed by atoms with E-state index in [1.54, 1.807) is 0 Å². The van der Waals surface area contributed by atoms with E-state index < -0.39 is 5.97 Å². The number of hydrogen-bond acceptors (Lipinski definition) is 2. The van der Waals surface area contributed by atoms with E-state index in [-0.39, 0.29) is 6.10 Å². The molecule has 0 aliphatic heterocycles. The zero-order valence-electron chi connectivity index (χ0n) is 9.22. The van der Waals surface area contributed by atoms with E-state index in [1.807, 2.05) is 0 Å². The van der Waals surface area contributed by atoms with E-state index in [2.05, 4.69) is 0 Å². The highest BCUT2D eigenvalue weighted by molar-refractivity contribution is 5.62. The van der Waals surface area contributed by atoms with Crippen LogP contribution in [0.15, 0.2) is 0 Å². The maximum Gasteiger partial charge on any atom is 0.300 e. The van der Waals surface area contributed by atoms with E-state index in [0.717, 1.165) is 31.1 Å². The van der Waals surface area contributed by atoms with Crippen molar-refractivity contribution in [1.29, 1.82) is 0 Å². The van der Waals surface area contributed by atoms with Gasteiger partial charge in [0.25, 0.3) is 5.97 Å². The first-order chi connectivity index (χ1) is 7.09. The molecular weight excluding hydrogens is 192 g/mol. The summed E-state index contributed by atoms with van der Waals surface area (Å²) in [7, 11) is 0. The van der Waals surface area contributed by atoms with Gasteiger partial charge in [0.1, 0.15) is 0 Å². The normalized spacial score (nSPS) is 45.9. The smallest absolute Gasteiger partial charge is 0.300 e. The highest BCUT2D eigenvalue weighted by Crippen LogP contribution is 2.58. The Morgan fingerprint density at radius 3 is 2.27 bits per heavy atom. The van der Waals surface area contributed by atoms with Crippen molar-refractivity contribution < 1.29 is 15.0 Å². The van der Waals surface area contributed by atoms with Gasteiger partial charge in [-0.15, -0.1) is 0 Å². The molecule has 5 atom stereocenters. The number of carboxylic acid groups (broad SMARTS) is 1. The van der Waals surface area contributed by atoms with E-state index in [9.17, 15) is 5.11 Å². The second-order valence-corrected chi connectivity index (χ2v) is 5.23. The molecule has 3 nitrogen and oxygen atoms in total. The summed E-state index contributed by atoms with van der Waals surface area (Å²) in [6.07, 6.45) is 6.75. The predicted molar refractivity (Wildman–Crippen MR) is 56.4 cm³/mol. The third kappa shape index (κ3) is 2.03. The summed E-state index contributed by atoms with van der Waals surface area (Å²) < 4.78 is 0. The van der Waals surface area contributed by atoms with Gasteiger partial charge in [0.05, 0.1) is 6.10 Å². The van der Waals surface area contributed by atoms with Crippen LogP contribution in [0.5, 0.6) is 0 Å². The topological polar surface area (TPSA) is 57.5 Å². The van der Waals surface area contributed by atoms with Crippen LogP contribution >= 0.6 is 0 Å². The van der Waals surface area contributed by atoms with Crippen LogP contribution in [0, 0.1) is 23.7 Å². The van der Waals surface area contributed by atoms with Gasteiger partial charge < -0.3 is 10.2 Å². The van der Waals surface area contributed by atoms with Crippen LogP contribution in [0.4, 0.5) is 0 Å². The predicted octanol–water partition coefficient (Wildman–Crippen LogP) is 1.89. The minimum Gasteiger partial charge on any atom is -0.481 e. The zero-order chi connectivity index (χ0) is 11.0. The molecule has 5 unspecified atom stereocenters. The molecule has 0 aromatic heterocycles. The summed E-state index contributed by atoms with van der Waals surface area (Å²) >= 11 is 0. The molecule has 4 bridgehead atoms. The molecule has 2 N–H and O–H groups in total. The van der Waals surface area contributed by atoms with Gasteiger partial charge in [-0.1, -0.05) is 0 Å². The Bertz CT molecular complexity index is 247. The molecule has 15 heavy (non-hydrogen) atoms. The fraction of sp³-hybridized carbons (Fsp3) is 0.917. The first kappa shape index (κ1) is 10.9. The fourth-order valence-corrected chi connectivity index (χ4v) is 4.00. The van der Waals surface area contributed by atoms with Gasteiger partial charge in [-0.3, -0.25) is 4.79 Å². The number of aliphatic carboxylic acids is 1. The maximum absolute atomic E-state index is 9.72. The number of aliphatic hydroxyl groups excluding tert-OH is 1. The Morgan fingerprint density at radius 2 is 1.67 bits per heavy atom. The molecule has 3 aliphatic carbocycles. The summed E-state index contributed by atoms with van der Waals surface area (Å²) in [6, 6.07) is 0. The van der Waals surface area contributed by atoms with Crippen LogP contribution in [0.3, 0.4) is 0 Å². The molecule has 0 spiro atoms. The van der Waals surface area contributed by atoms with E-state index >= 15 is 0 Å². The highest BCUT2D eigenvalue weighted by atomic mass is 16.4. The van der Waals surface area contributed by atoms with Crippen LogP contribution in [0.2, 0.25) is 0 Å². The first-order valence-corrected chi connectivity index (χ1v) is 5.97. The van der Waals surface area contributed by atoms with Crippen molar-refractivity contribution in [3.05, 3.63) is 0 Å². The largest absolute Gasteiger partial charge is 0.481 e. The molecule has 0 saturated heterocycles. The van der Waals surface area contributed by atoms with Crippen molar-refractivity contribution in [2.75, 3.05) is 0 Å². The number of aliphatic hydroxyl groups is 1.